The molecule has 0 aromatic heterocycles. The van der Waals surface area contributed by atoms with Crippen LogP contribution >= 0.6 is 0 Å². The molecule has 1 heterocycles. The Morgan fingerprint density at radius 3 is 2.12 bits per heavy atom. The lowest BCUT2D eigenvalue weighted by atomic mass is 9.75. The lowest BCUT2D eigenvalue weighted by Crippen LogP contribution is -2.58. The fourth-order valence-electron chi connectivity index (χ4n) is 3.68. The van der Waals surface area contributed by atoms with Crippen LogP contribution in [0.3, 0.4) is 0 Å². The number of aliphatic hydroxyl groups excluding tert-OH is 1. The fourth-order valence-corrected chi connectivity index (χ4v) is 3.68. The van der Waals surface area contributed by atoms with Gasteiger partial charge in [-0.1, -0.05) is 26.7 Å². The first-order valence-corrected chi connectivity index (χ1v) is 7.01. The molecule has 1 saturated carbocycles. The van der Waals surface area contributed by atoms with Crippen molar-refractivity contribution in [2.75, 3.05) is 26.2 Å². The molecule has 2 heteroatoms. The molecule has 2 rings (SSSR count). The van der Waals surface area contributed by atoms with Crippen LogP contribution in [0.2, 0.25) is 0 Å². The molecule has 1 N–H and O–H groups in total. The summed E-state index contributed by atoms with van der Waals surface area (Å²) in [5.41, 5.74) is 0.864. The van der Waals surface area contributed by atoms with Crippen molar-refractivity contribution in [2.45, 2.75) is 52.4 Å². The molecule has 0 amide bonds. The normalized spacial score (nSPS) is 24.9. The highest BCUT2D eigenvalue weighted by atomic mass is 16.3. The summed E-state index contributed by atoms with van der Waals surface area (Å²) in [6.45, 7) is 8.49. The van der Waals surface area contributed by atoms with Gasteiger partial charge in [-0.3, -0.25) is 0 Å². The van der Waals surface area contributed by atoms with Gasteiger partial charge < -0.3 is 10.0 Å². The first-order valence-electron chi connectivity index (χ1n) is 7.01. The lowest BCUT2D eigenvalue weighted by Gasteiger charge is -2.51. The van der Waals surface area contributed by atoms with E-state index in [0.29, 0.717) is 12.0 Å². The van der Waals surface area contributed by atoms with Crippen molar-refractivity contribution in [3.05, 3.63) is 0 Å². The quantitative estimate of drug-likeness (QED) is 0.777. The summed E-state index contributed by atoms with van der Waals surface area (Å²) in [6, 6.07) is 0. The van der Waals surface area contributed by atoms with Crippen LogP contribution in [0.4, 0.5) is 0 Å². The number of hydrogen-bond donors (Lipinski definition) is 1. The summed E-state index contributed by atoms with van der Waals surface area (Å²) in [6.07, 6.45) is 8.00. The average Bonchev–Trinajstić information content (AvgIpc) is 2.74. The molecule has 2 aliphatic rings. The minimum absolute atomic E-state index is 0.167. The number of rotatable bonds is 5. The van der Waals surface area contributed by atoms with E-state index in [-0.39, 0.29) is 5.41 Å². The average molecular weight is 225 g/mol. The molecule has 0 unspecified atom stereocenters. The molecule has 0 aromatic carbocycles. The van der Waals surface area contributed by atoms with Crippen LogP contribution in [-0.2, 0) is 0 Å². The zero-order chi connectivity index (χ0) is 11.6. The van der Waals surface area contributed by atoms with Gasteiger partial charge in [-0.2, -0.15) is 0 Å². The Bertz CT molecular complexity index is 213. The molecule has 1 aliphatic carbocycles. The molecule has 2 nitrogen and oxygen atoms in total. The molecule has 1 aliphatic heterocycles. The first-order chi connectivity index (χ1) is 7.67. The van der Waals surface area contributed by atoms with Crippen LogP contribution in [0.25, 0.3) is 0 Å². The molecule has 1 spiro atoms. The van der Waals surface area contributed by atoms with Crippen molar-refractivity contribution in [1.29, 1.82) is 0 Å². The Morgan fingerprint density at radius 2 is 1.69 bits per heavy atom. The van der Waals surface area contributed by atoms with Crippen LogP contribution in [0.5, 0.6) is 0 Å². The van der Waals surface area contributed by atoms with Gasteiger partial charge in [0.05, 0.1) is 0 Å². The molecule has 0 aromatic rings. The molecule has 16 heavy (non-hydrogen) atoms. The molecule has 0 radical (unpaired) electrons. The van der Waals surface area contributed by atoms with E-state index in [2.05, 4.69) is 18.7 Å². The van der Waals surface area contributed by atoms with E-state index < -0.39 is 0 Å². The van der Waals surface area contributed by atoms with Gasteiger partial charge in [0.25, 0.3) is 0 Å². The predicted molar refractivity (Wildman–Crippen MR) is 67.4 cm³/mol. The van der Waals surface area contributed by atoms with Crippen molar-refractivity contribution >= 4 is 0 Å². The smallest absolute Gasteiger partial charge is 0.0499 e. The summed E-state index contributed by atoms with van der Waals surface area (Å²) in [4.78, 5) is 2.58. The minimum atomic E-state index is 0.167. The van der Waals surface area contributed by atoms with E-state index in [1.54, 1.807) is 0 Å². The second-order valence-electron chi connectivity index (χ2n) is 6.22. The second-order valence-corrected chi connectivity index (χ2v) is 6.22. The Labute approximate surface area is 100 Å². The highest BCUT2D eigenvalue weighted by Crippen LogP contribution is 2.46. The van der Waals surface area contributed by atoms with Crippen molar-refractivity contribution in [3.63, 3.8) is 0 Å². The fraction of sp³-hybridized carbons (Fsp3) is 1.00. The monoisotopic (exact) mass is 225 g/mol. The summed E-state index contributed by atoms with van der Waals surface area (Å²) in [7, 11) is 0. The van der Waals surface area contributed by atoms with Crippen molar-refractivity contribution in [1.82, 2.24) is 4.90 Å². The number of nitrogens with zero attached hydrogens (tertiary/aromatic N) is 1. The van der Waals surface area contributed by atoms with Gasteiger partial charge >= 0.3 is 0 Å². The van der Waals surface area contributed by atoms with Crippen LogP contribution in [-0.4, -0.2) is 36.2 Å². The van der Waals surface area contributed by atoms with Gasteiger partial charge in [-0.05, 0) is 31.1 Å². The SMILES string of the molecule is CCC(CC)(CO)CN1CC2(CCCC2)C1. The van der Waals surface area contributed by atoms with Crippen molar-refractivity contribution < 1.29 is 5.11 Å². The molecule has 0 bridgehead atoms. The van der Waals surface area contributed by atoms with Gasteiger partial charge in [0.2, 0.25) is 0 Å². The van der Waals surface area contributed by atoms with E-state index in [1.165, 1.54) is 38.8 Å². The van der Waals surface area contributed by atoms with E-state index in [9.17, 15) is 5.11 Å². The third-order valence-corrected chi connectivity index (χ3v) is 5.18. The molecule has 1 saturated heterocycles. The van der Waals surface area contributed by atoms with Crippen molar-refractivity contribution in [2.24, 2.45) is 10.8 Å². The Balaban J connectivity index is 1.83. The lowest BCUT2D eigenvalue weighted by molar-refractivity contribution is -0.0403. The maximum atomic E-state index is 9.58. The van der Waals surface area contributed by atoms with E-state index in [1.807, 2.05) is 0 Å². The van der Waals surface area contributed by atoms with Gasteiger partial charge in [-0.25, -0.2) is 0 Å². The van der Waals surface area contributed by atoms with Gasteiger partial charge in [0.15, 0.2) is 0 Å². The van der Waals surface area contributed by atoms with E-state index in [4.69, 9.17) is 0 Å². The number of hydrogen-bond acceptors (Lipinski definition) is 2. The largest absolute Gasteiger partial charge is 0.396 e. The highest BCUT2D eigenvalue weighted by Gasteiger charge is 2.46. The molecule has 94 valence electrons. The Kier molecular flexibility index (Phi) is 3.60. The Morgan fingerprint density at radius 1 is 1.12 bits per heavy atom. The predicted octanol–water partition coefficient (Wildman–Crippen LogP) is 2.66. The zero-order valence-electron chi connectivity index (χ0n) is 11.0. The maximum absolute atomic E-state index is 9.58. The molecule has 2 fully saturated rings. The van der Waals surface area contributed by atoms with Crippen molar-refractivity contribution in [3.8, 4) is 0 Å². The zero-order valence-corrected chi connectivity index (χ0v) is 11.0. The third-order valence-electron chi connectivity index (χ3n) is 5.18. The highest BCUT2D eigenvalue weighted by molar-refractivity contribution is 4.99. The van der Waals surface area contributed by atoms with E-state index in [0.717, 1.165) is 19.4 Å². The van der Waals surface area contributed by atoms with Crippen LogP contribution in [0.1, 0.15) is 52.4 Å². The van der Waals surface area contributed by atoms with Crippen LogP contribution in [0.15, 0.2) is 0 Å². The standard InChI is InChI=1S/C14H27NO/c1-3-13(4-2,12-16)9-15-10-14(11-15)7-5-6-8-14/h16H,3-12H2,1-2H3. The van der Waals surface area contributed by atoms with Crippen LogP contribution < -0.4 is 0 Å². The van der Waals surface area contributed by atoms with Crippen LogP contribution in [0, 0.1) is 10.8 Å². The molecule has 0 atom stereocenters. The summed E-state index contributed by atoms with van der Waals surface area (Å²) >= 11 is 0. The van der Waals surface area contributed by atoms with Gasteiger partial charge in [0.1, 0.15) is 0 Å². The first kappa shape index (κ1) is 12.4. The molecular weight excluding hydrogens is 198 g/mol. The second kappa shape index (κ2) is 4.66. The summed E-state index contributed by atoms with van der Waals surface area (Å²) in [5.74, 6) is 0. The minimum Gasteiger partial charge on any atom is -0.396 e. The third kappa shape index (κ3) is 2.14. The summed E-state index contributed by atoms with van der Waals surface area (Å²) in [5, 5.41) is 9.58. The molecular formula is C14H27NO. The number of aliphatic hydroxyl groups is 1. The maximum Gasteiger partial charge on any atom is 0.0499 e. The van der Waals surface area contributed by atoms with Gasteiger partial charge in [0, 0.05) is 31.7 Å². The number of likely N-dealkylation sites (tertiary alicyclic amines) is 1. The Hall–Kier alpha value is -0.0800. The summed E-state index contributed by atoms with van der Waals surface area (Å²) < 4.78 is 0. The topological polar surface area (TPSA) is 23.5 Å². The van der Waals surface area contributed by atoms with E-state index >= 15 is 0 Å². The van der Waals surface area contributed by atoms with Gasteiger partial charge in [-0.15, -0.1) is 0 Å².